The number of hydrogen-bond donors (Lipinski definition) is 1. The van der Waals surface area contributed by atoms with Crippen LogP contribution < -0.4 is 5.32 Å². The molecule has 2 nitrogen and oxygen atoms in total. The Bertz CT molecular complexity index is 336. The van der Waals surface area contributed by atoms with Gasteiger partial charge in [0.25, 0.3) is 0 Å². The van der Waals surface area contributed by atoms with E-state index in [1.807, 2.05) is 6.07 Å². The smallest absolute Gasteiger partial charge is 0.220 e. The van der Waals surface area contributed by atoms with Crippen molar-refractivity contribution in [2.75, 3.05) is 7.05 Å². The van der Waals surface area contributed by atoms with E-state index in [0.717, 1.165) is 10.9 Å². The number of aryl methyl sites for hydroxylation is 2. The van der Waals surface area contributed by atoms with Crippen LogP contribution in [-0.4, -0.2) is 13.0 Å². The molecule has 76 valence electrons. The normalized spacial score (nSPS) is 9.93. The molecule has 0 aliphatic rings. The van der Waals surface area contributed by atoms with Crippen LogP contribution in [0.5, 0.6) is 0 Å². The Labute approximate surface area is 92.8 Å². The van der Waals surface area contributed by atoms with Gasteiger partial charge in [-0.1, -0.05) is 22.0 Å². The fourth-order valence-electron chi connectivity index (χ4n) is 1.28. The fraction of sp³-hybridized carbons (Fsp3) is 0.364. The van der Waals surface area contributed by atoms with Crippen molar-refractivity contribution >= 4 is 21.8 Å². The monoisotopic (exact) mass is 255 g/mol. The highest BCUT2D eigenvalue weighted by Gasteiger charge is 2.02. The molecule has 0 bridgehead atoms. The minimum absolute atomic E-state index is 0.0874. The number of benzene rings is 1. The molecule has 0 spiro atoms. The molecule has 0 aromatic heterocycles. The molecule has 1 N–H and O–H groups in total. The molecule has 1 aromatic carbocycles. The molecule has 1 aromatic rings. The predicted molar refractivity (Wildman–Crippen MR) is 61.3 cm³/mol. The number of halogens is 1. The minimum atomic E-state index is 0.0874. The van der Waals surface area contributed by atoms with Crippen LogP contribution in [0.2, 0.25) is 0 Å². The molecule has 0 unspecified atom stereocenters. The summed E-state index contributed by atoms with van der Waals surface area (Å²) < 4.78 is 1.06. The van der Waals surface area contributed by atoms with Crippen LogP contribution in [0.3, 0.4) is 0 Å². The van der Waals surface area contributed by atoms with E-state index >= 15 is 0 Å². The van der Waals surface area contributed by atoms with Crippen LogP contribution in [-0.2, 0) is 11.2 Å². The van der Waals surface area contributed by atoms with Crippen molar-refractivity contribution in [3.8, 4) is 0 Å². The third-order valence-electron chi connectivity index (χ3n) is 2.21. The lowest BCUT2D eigenvalue weighted by molar-refractivity contribution is -0.120. The molecule has 0 saturated carbocycles. The largest absolute Gasteiger partial charge is 0.359 e. The summed E-state index contributed by atoms with van der Waals surface area (Å²) >= 11 is 3.42. The van der Waals surface area contributed by atoms with E-state index in [1.165, 1.54) is 11.1 Å². The zero-order chi connectivity index (χ0) is 10.6. The zero-order valence-corrected chi connectivity index (χ0v) is 10.0. The highest BCUT2D eigenvalue weighted by Crippen LogP contribution is 2.17. The molecule has 1 amide bonds. The van der Waals surface area contributed by atoms with E-state index in [-0.39, 0.29) is 5.91 Å². The van der Waals surface area contributed by atoms with Crippen LogP contribution >= 0.6 is 15.9 Å². The van der Waals surface area contributed by atoms with Gasteiger partial charge in [-0.2, -0.15) is 0 Å². The van der Waals surface area contributed by atoms with Crippen molar-refractivity contribution in [3.05, 3.63) is 33.8 Å². The molecular weight excluding hydrogens is 242 g/mol. The van der Waals surface area contributed by atoms with Gasteiger partial charge in [-0.3, -0.25) is 4.79 Å². The van der Waals surface area contributed by atoms with Crippen LogP contribution in [0.25, 0.3) is 0 Å². The van der Waals surface area contributed by atoms with Gasteiger partial charge in [0.2, 0.25) is 5.91 Å². The van der Waals surface area contributed by atoms with Crippen molar-refractivity contribution < 1.29 is 4.79 Å². The average Bonchev–Trinajstić information content (AvgIpc) is 2.19. The van der Waals surface area contributed by atoms with Crippen molar-refractivity contribution in [3.63, 3.8) is 0 Å². The number of nitrogens with one attached hydrogen (secondary N) is 1. The molecule has 0 heterocycles. The summed E-state index contributed by atoms with van der Waals surface area (Å²) in [7, 11) is 1.66. The van der Waals surface area contributed by atoms with Gasteiger partial charge in [-0.05, 0) is 36.6 Å². The SMILES string of the molecule is CNC(=O)CCc1cc(Br)ccc1C. The summed E-state index contributed by atoms with van der Waals surface area (Å²) in [6.07, 6.45) is 1.35. The lowest BCUT2D eigenvalue weighted by Crippen LogP contribution is -2.18. The van der Waals surface area contributed by atoms with Gasteiger partial charge in [0, 0.05) is 17.9 Å². The Kier molecular flexibility index (Phi) is 4.14. The van der Waals surface area contributed by atoms with E-state index in [2.05, 4.69) is 40.3 Å². The van der Waals surface area contributed by atoms with Crippen molar-refractivity contribution in [1.82, 2.24) is 5.32 Å². The van der Waals surface area contributed by atoms with Gasteiger partial charge in [-0.25, -0.2) is 0 Å². The summed E-state index contributed by atoms with van der Waals surface area (Å²) in [4.78, 5) is 11.1. The van der Waals surface area contributed by atoms with Gasteiger partial charge in [0.1, 0.15) is 0 Å². The first-order valence-electron chi connectivity index (χ1n) is 4.59. The third kappa shape index (κ3) is 3.14. The second kappa shape index (κ2) is 5.15. The molecule has 0 aliphatic heterocycles. The Morgan fingerprint density at radius 2 is 2.21 bits per heavy atom. The molecule has 0 radical (unpaired) electrons. The predicted octanol–water partition coefficient (Wildman–Crippen LogP) is 2.44. The minimum Gasteiger partial charge on any atom is -0.359 e. The van der Waals surface area contributed by atoms with Crippen LogP contribution in [0, 0.1) is 6.92 Å². The number of amides is 1. The summed E-state index contributed by atoms with van der Waals surface area (Å²) in [5, 5.41) is 2.62. The maximum Gasteiger partial charge on any atom is 0.220 e. The Morgan fingerprint density at radius 1 is 1.50 bits per heavy atom. The van der Waals surface area contributed by atoms with Crippen LogP contribution in [0.15, 0.2) is 22.7 Å². The van der Waals surface area contributed by atoms with Crippen molar-refractivity contribution in [2.45, 2.75) is 19.8 Å². The van der Waals surface area contributed by atoms with Gasteiger partial charge < -0.3 is 5.32 Å². The summed E-state index contributed by atoms with van der Waals surface area (Å²) in [6, 6.07) is 6.14. The molecule has 0 aliphatic carbocycles. The molecule has 3 heteroatoms. The summed E-state index contributed by atoms with van der Waals surface area (Å²) in [5.74, 6) is 0.0874. The van der Waals surface area contributed by atoms with Gasteiger partial charge in [-0.15, -0.1) is 0 Å². The highest BCUT2D eigenvalue weighted by molar-refractivity contribution is 9.10. The lowest BCUT2D eigenvalue weighted by Gasteiger charge is -2.05. The first-order chi connectivity index (χ1) is 6.63. The number of carbonyl (C=O) groups is 1. The van der Waals surface area contributed by atoms with E-state index in [1.54, 1.807) is 7.05 Å². The Hall–Kier alpha value is -0.830. The highest BCUT2D eigenvalue weighted by atomic mass is 79.9. The Morgan fingerprint density at radius 3 is 2.86 bits per heavy atom. The molecule has 0 atom stereocenters. The van der Waals surface area contributed by atoms with Crippen LogP contribution in [0.4, 0.5) is 0 Å². The lowest BCUT2D eigenvalue weighted by atomic mass is 10.0. The Balaban J connectivity index is 2.66. The summed E-state index contributed by atoms with van der Waals surface area (Å²) in [5.41, 5.74) is 2.46. The zero-order valence-electron chi connectivity index (χ0n) is 8.43. The number of carbonyl (C=O) groups excluding carboxylic acids is 1. The standard InChI is InChI=1S/C11H14BrNO/c1-8-3-5-10(12)7-9(8)4-6-11(14)13-2/h3,5,7H,4,6H2,1-2H3,(H,13,14). The molecule has 0 fully saturated rings. The van der Waals surface area contributed by atoms with E-state index in [9.17, 15) is 4.79 Å². The average molecular weight is 256 g/mol. The first-order valence-corrected chi connectivity index (χ1v) is 5.38. The van der Waals surface area contributed by atoms with Gasteiger partial charge in [0.15, 0.2) is 0 Å². The molecule has 1 rings (SSSR count). The second-order valence-electron chi connectivity index (χ2n) is 3.24. The molecule has 0 saturated heterocycles. The van der Waals surface area contributed by atoms with Gasteiger partial charge >= 0.3 is 0 Å². The van der Waals surface area contributed by atoms with E-state index in [4.69, 9.17) is 0 Å². The van der Waals surface area contributed by atoms with Crippen molar-refractivity contribution in [1.29, 1.82) is 0 Å². The molecule has 14 heavy (non-hydrogen) atoms. The fourth-order valence-corrected chi connectivity index (χ4v) is 1.69. The van der Waals surface area contributed by atoms with E-state index < -0.39 is 0 Å². The quantitative estimate of drug-likeness (QED) is 0.884. The maximum atomic E-state index is 11.1. The van der Waals surface area contributed by atoms with E-state index in [0.29, 0.717) is 6.42 Å². The topological polar surface area (TPSA) is 29.1 Å². The summed E-state index contributed by atoms with van der Waals surface area (Å²) in [6.45, 7) is 2.06. The first kappa shape index (κ1) is 11.2. The third-order valence-corrected chi connectivity index (χ3v) is 2.70. The number of hydrogen-bond acceptors (Lipinski definition) is 1. The maximum absolute atomic E-state index is 11.1. The molecular formula is C11H14BrNO. The van der Waals surface area contributed by atoms with Crippen LogP contribution in [0.1, 0.15) is 17.5 Å². The number of rotatable bonds is 3. The van der Waals surface area contributed by atoms with Crippen molar-refractivity contribution in [2.24, 2.45) is 0 Å². The second-order valence-corrected chi connectivity index (χ2v) is 4.16. The van der Waals surface area contributed by atoms with Gasteiger partial charge in [0.05, 0.1) is 0 Å².